The maximum Gasteiger partial charge on any atom is 0.261 e. The van der Waals surface area contributed by atoms with Gasteiger partial charge in [0.2, 0.25) is 0 Å². The van der Waals surface area contributed by atoms with E-state index in [0.29, 0.717) is 5.75 Å². The Bertz CT molecular complexity index is 1350. The Balaban J connectivity index is 1.39. The molecule has 5 rings (SSSR count). The Morgan fingerprint density at radius 2 is 1.66 bits per heavy atom. The van der Waals surface area contributed by atoms with Crippen LogP contribution in [0, 0.1) is 0 Å². The Morgan fingerprint density at radius 3 is 2.47 bits per heavy atom. The summed E-state index contributed by atoms with van der Waals surface area (Å²) in [7, 11) is 0. The van der Waals surface area contributed by atoms with E-state index in [1.165, 1.54) is 0 Å². The Kier molecular flexibility index (Phi) is 5.52. The third-order valence-corrected chi connectivity index (χ3v) is 6.33. The summed E-state index contributed by atoms with van der Waals surface area (Å²) in [4.78, 5) is 22.3. The van der Waals surface area contributed by atoms with Gasteiger partial charge >= 0.3 is 0 Å². The Hall–Kier alpha value is -3.77. The predicted octanol–water partition coefficient (Wildman–Crippen LogP) is 5.52. The molecule has 2 atom stereocenters. The number of hydrogen-bond donors (Lipinski definition) is 1. The average molecular weight is 440 g/mol. The van der Waals surface area contributed by atoms with E-state index in [4.69, 9.17) is 9.72 Å². The van der Waals surface area contributed by atoms with Gasteiger partial charge < -0.3 is 10.1 Å². The van der Waals surface area contributed by atoms with Crippen LogP contribution >= 0.6 is 11.3 Å². The molecule has 1 N–H and O–H groups in total. The fraction of sp³-hybridized carbons (Fsp3) is 0.115. The Morgan fingerprint density at radius 1 is 0.938 bits per heavy atom. The number of para-hydroxylation sites is 2. The lowest BCUT2D eigenvalue weighted by atomic mass is 10.1. The molecule has 0 saturated heterocycles. The standard InChI is InChI=1S/C26H21N3O2S/c1-17(31-20-15-19-11-5-6-12-21(19)27-16-20)25(30)29-24(18-9-3-2-4-10-18)26-28-22-13-7-8-14-23(22)32-26/h2-17,24H,1H3,(H,29,30)/t17-,24?/m0/s1. The molecule has 3 aromatic carbocycles. The third-order valence-electron chi connectivity index (χ3n) is 5.22. The van der Waals surface area contributed by atoms with Crippen molar-refractivity contribution in [2.75, 3.05) is 0 Å². The van der Waals surface area contributed by atoms with Gasteiger partial charge in [0.15, 0.2) is 6.10 Å². The van der Waals surface area contributed by atoms with Gasteiger partial charge in [0.25, 0.3) is 5.91 Å². The van der Waals surface area contributed by atoms with E-state index < -0.39 is 6.10 Å². The van der Waals surface area contributed by atoms with E-state index in [-0.39, 0.29) is 11.9 Å². The number of carbonyl (C=O) groups excluding carboxylic acids is 1. The molecule has 6 heteroatoms. The number of thiazole rings is 1. The second-order valence-corrected chi connectivity index (χ2v) is 8.56. The first-order chi connectivity index (χ1) is 15.7. The van der Waals surface area contributed by atoms with Crippen LogP contribution in [-0.4, -0.2) is 22.0 Å². The minimum absolute atomic E-state index is 0.216. The van der Waals surface area contributed by atoms with Crippen molar-refractivity contribution in [1.82, 2.24) is 15.3 Å². The smallest absolute Gasteiger partial charge is 0.261 e. The van der Waals surface area contributed by atoms with E-state index in [1.807, 2.05) is 84.9 Å². The Labute approximate surface area is 189 Å². The molecule has 0 aliphatic rings. The van der Waals surface area contributed by atoms with E-state index >= 15 is 0 Å². The fourth-order valence-corrected chi connectivity index (χ4v) is 4.63. The normalized spacial score (nSPS) is 13.0. The van der Waals surface area contributed by atoms with Crippen LogP contribution in [0.15, 0.2) is 91.1 Å². The zero-order chi connectivity index (χ0) is 21.9. The van der Waals surface area contributed by atoms with Crippen molar-refractivity contribution >= 4 is 38.4 Å². The summed E-state index contributed by atoms with van der Waals surface area (Å²) in [6.07, 6.45) is 0.951. The van der Waals surface area contributed by atoms with Gasteiger partial charge in [-0.1, -0.05) is 60.7 Å². The number of nitrogens with zero attached hydrogens (tertiary/aromatic N) is 2. The predicted molar refractivity (Wildman–Crippen MR) is 128 cm³/mol. The van der Waals surface area contributed by atoms with Crippen LogP contribution in [0.1, 0.15) is 23.5 Å². The molecule has 1 unspecified atom stereocenters. The number of pyridine rings is 1. The molecule has 158 valence electrons. The lowest BCUT2D eigenvalue weighted by molar-refractivity contribution is -0.127. The first kappa shape index (κ1) is 20.2. The summed E-state index contributed by atoms with van der Waals surface area (Å²) in [5, 5.41) is 4.94. The lowest BCUT2D eigenvalue weighted by Gasteiger charge is -2.20. The molecule has 2 heterocycles. The minimum Gasteiger partial charge on any atom is -0.479 e. The molecule has 1 amide bonds. The number of hydrogen-bond acceptors (Lipinski definition) is 5. The zero-order valence-electron chi connectivity index (χ0n) is 17.4. The van der Waals surface area contributed by atoms with Gasteiger partial charge in [0, 0.05) is 5.39 Å². The van der Waals surface area contributed by atoms with Gasteiger partial charge in [-0.05, 0) is 36.8 Å². The van der Waals surface area contributed by atoms with Crippen LogP contribution in [0.25, 0.3) is 21.1 Å². The van der Waals surface area contributed by atoms with Gasteiger partial charge in [0.1, 0.15) is 16.8 Å². The first-order valence-corrected chi connectivity index (χ1v) is 11.2. The summed E-state index contributed by atoms with van der Waals surface area (Å²) >= 11 is 1.58. The molecular formula is C26H21N3O2S. The molecule has 0 bridgehead atoms. The van der Waals surface area contributed by atoms with Crippen LogP contribution in [0.2, 0.25) is 0 Å². The van der Waals surface area contributed by atoms with Crippen molar-refractivity contribution in [1.29, 1.82) is 0 Å². The third kappa shape index (κ3) is 4.18. The summed E-state index contributed by atoms with van der Waals surface area (Å²) in [6, 6.07) is 27.2. The molecule has 0 spiro atoms. The monoisotopic (exact) mass is 439 g/mol. The number of rotatable bonds is 6. The molecule has 2 aromatic heterocycles. The van der Waals surface area contributed by atoms with E-state index in [1.54, 1.807) is 24.5 Å². The maximum atomic E-state index is 13.1. The highest BCUT2D eigenvalue weighted by molar-refractivity contribution is 7.18. The largest absolute Gasteiger partial charge is 0.479 e. The quantitative estimate of drug-likeness (QED) is 0.378. The molecular weight excluding hydrogens is 418 g/mol. The number of carbonyl (C=O) groups is 1. The van der Waals surface area contributed by atoms with Gasteiger partial charge in [-0.15, -0.1) is 11.3 Å². The van der Waals surface area contributed by atoms with E-state index in [9.17, 15) is 4.79 Å². The van der Waals surface area contributed by atoms with Crippen molar-refractivity contribution < 1.29 is 9.53 Å². The number of fused-ring (bicyclic) bond motifs is 2. The van der Waals surface area contributed by atoms with Crippen LogP contribution in [0.5, 0.6) is 5.75 Å². The van der Waals surface area contributed by atoms with Crippen molar-refractivity contribution in [3.63, 3.8) is 0 Å². The van der Waals surface area contributed by atoms with E-state index in [2.05, 4.69) is 10.3 Å². The van der Waals surface area contributed by atoms with Crippen molar-refractivity contribution in [3.8, 4) is 5.75 Å². The summed E-state index contributed by atoms with van der Waals surface area (Å²) < 4.78 is 7.01. The second-order valence-electron chi connectivity index (χ2n) is 7.50. The second kappa shape index (κ2) is 8.77. The van der Waals surface area contributed by atoms with Gasteiger partial charge in [-0.2, -0.15) is 0 Å². The van der Waals surface area contributed by atoms with Crippen LogP contribution in [-0.2, 0) is 4.79 Å². The first-order valence-electron chi connectivity index (χ1n) is 10.4. The lowest BCUT2D eigenvalue weighted by Crippen LogP contribution is -2.39. The molecule has 0 radical (unpaired) electrons. The van der Waals surface area contributed by atoms with Gasteiger partial charge in [0.05, 0.1) is 21.9 Å². The summed E-state index contributed by atoms with van der Waals surface area (Å²) in [5.41, 5.74) is 2.78. The van der Waals surface area contributed by atoms with Gasteiger partial charge in [-0.25, -0.2) is 4.98 Å². The number of amides is 1. The molecule has 0 saturated carbocycles. The van der Waals surface area contributed by atoms with Crippen molar-refractivity contribution in [3.05, 3.63) is 102 Å². The summed E-state index contributed by atoms with van der Waals surface area (Å²) in [6.45, 7) is 1.74. The molecule has 5 nitrogen and oxygen atoms in total. The number of aromatic nitrogens is 2. The van der Waals surface area contributed by atoms with E-state index in [0.717, 1.165) is 31.7 Å². The molecule has 0 aliphatic carbocycles. The maximum absolute atomic E-state index is 13.1. The van der Waals surface area contributed by atoms with Gasteiger partial charge in [-0.3, -0.25) is 9.78 Å². The summed E-state index contributed by atoms with van der Waals surface area (Å²) in [5.74, 6) is 0.342. The minimum atomic E-state index is -0.696. The van der Waals surface area contributed by atoms with Crippen molar-refractivity contribution in [2.45, 2.75) is 19.1 Å². The molecule has 0 aliphatic heterocycles. The zero-order valence-corrected chi connectivity index (χ0v) is 18.3. The number of benzene rings is 3. The molecule has 5 aromatic rings. The van der Waals surface area contributed by atoms with Crippen molar-refractivity contribution in [2.24, 2.45) is 0 Å². The highest BCUT2D eigenvalue weighted by Gasteiger charge is 2.24. The fourth-order valence-electron chi connectivity index (χ4n) is 3.58. The molecule has 0 fully saturated rings. The van der Waals surface area contributed by atoms with Crippen LogP contribution in [0.4, 0.5) is 0 Å². The van der Waals surface area contributed by atoms with Crippen LogP contribution in [0.3, 0.4) is 0 Å². The molecule has 32 heavy (non-hydrogen) atoms. The van der Waals surface area contributed by atoms with Crippen LogP contribution < -0.4 is 10.1 Å². The number of ether oxygens (including phenoxy) is 1. The highest BCUT2D eigenvalue weighted by Crippen LogP contribution is 2.30. The average Bonchev–Trinajstić information content (AvgIpc) is 3.27. The number of nitrogens with one attached hydrogen (secondary N) is 1. The SMILES string of the molecule is C[C@H](Oc1cnc2ccccc2c1)C(=O)NC(c1ccccc1)c1nc2ccccc2s1. The highest BCUT2D eigenvalue weighted by atomic mass is 32.1. The topological polar surface area (TPSA) is 64.1 Å².